The zero-order valence-corrected chi connectivity index (χ0v) is 18.7. The molecule has 0 atom stereocenters. The summed E-state index contributed by atoms with van der Waals surface area (Å²) in [6, 6.07) is 20.1. The minimum absolute atomic E-state index is 0.0272. The first-order valence-corrected chi connectivity index (χ1v) is 11.0. The quantitative estimate of drug-likeness (QED) is 0.605. The normalized spacial score (nSPS) is 11.0. The van der Waals surface area contributed by atoms with Crippen LogP contribution in [0.1, 0.15) is 10.4 Å². The molecule has 0 saturated heterocycles. The fourth-order valence-corrected chi connectivity index (χ4v) is 4.29. The predicted octanol–water partition coefficient (Wildman–Crippen LogP) is 3.84. The van der Waals surface area contributed by atoms with E-state index in [-0.39, 0.29) is 10.5 Å². The maximum Gasteiger partial charge on any atom is 0.264 e. The van der Waals surface area contributed by atoms with Crippen molar-refractivity contribution in [3.63, 3.8) is 0 Å². The molecule has 0 spiro atoms. The van der Waals surface area contributed by atoms with Gasteiger partial charge >= 0.3 is 0 Å². The number of carbonyl (C=O) groups excluding carboxylic acids is 1. The van der Waals surface area contributed by atoms with E-state index >= 15 is 0 Å². The van der Waals surface area contributed by atoms with Gasteiger partial charge in [-0.3, -0.25) is 9.10 Å². The van der Waals surface area contributed by atoms with Crippen molar-refractivity contribution in [2.45, 2.75) is 4.90 Å². The summed E-state index contributed by atoms with van der Waals surface area (Å²) in [7, 11) is 2.92. The summed E-state index contributed by atoms with van der Waals surface area (Å²) in [5, 5.41) is 2.86. The Hall–Kier alpha value is -3.52. The number of ether oxygens (including phenoxy) is 1. The van der Waals surface area contributed by atoms with Crippen LogP contribution in [0.3, 0.4) is 0 Å². The summed E-state index contributed by atoms with van der Waals surface area (Å²) in [6.45, 7) is 0. The zero-order valence-electron chi connectivity index (χ0n) is 17.9. The van der Waals surface area contributed by atoms with E-state index in [4.69, 9.17) is 4.74 Å². The Bertz CT molecular complexity index is 1180. The number of nitrogens with zero attached hydrogens (tertiary/aromatic N) is 2. The monoisotopic (exact) mass is 439 g/mol. The fraction of sp³-hybridized carbons (Fsp3) is 0.174. The Morgan fingerprint density at radius 3 is 2.23 bits per heavy atom. The van der Waals surface area contributed by atoms with E-state index < -0.39 is 15.9 Å². The third-order valence-electron chi connectivity index (χ3n) is 4.82. The molecule has 0 fully saturated rings. The summed E-state index contributed by atoms with van der Waals surface area (Å²) in [5.41, 5.74) is 2.22. The number of methoxy groups -OCH3 is 1. The van der Waals surface area contributed by atoms with Gasteiger partial charge in [-0.15, -0.1) is 0 Å². The number of rotatable bonds is 7. The topological polar surface area (TPSA) is 78.9 Å². The number of anilines is 3. The van der Waals surface area contributed by atoms with Gasteiger partial charge in [-0.25, -0.2) is 8.42 Å². The molecule has 0 saturated carbocycles. The minimum Gasteiger partial charge on any atom is -0.497 e. The Morgan fingerprint density at radius 2 is 1.58 bits per heavy atom. The molecule has 7 nitrogen and oxygen atoms in total. The first-order chi connectivity index (χ1) is 14.7. The maximum absolute atomic E-state index is 13.1. The average Bonchev–Trinajstić information content (AvgIpc) is 2.79. The van der Waals surface area contributed by atoms with Gasteiger partial charge < -0.3 is 15.0 Å². The highest BCUT2D eigenvalue weighted by Crippen LogP contribution is 2.26. The van der Waals surface area contributed by atoms with E-state index in [2.05, 4.69) is 5.32 Å². The van der Waals surface area contributed by atoms with E-state index in [1.165, 1.54) is 23.5 Å². The van der Waals surface area contributed by atoms with Gasteiger partial charge in [0.2, 0.25) is 0 Å². The molecule has 162 valence electrons. The van der Waals surface area contributed by atoms with Gasteiger partial charge in [0.15, 0.2) is 0 Å². The van der Waals surface area contributed by atoms with Crippen molar-refractivity contribution in [1.82, 2.24) is 0 Å². The number of carbonyl (C=O) groups is 1. The second kappa shape index (κ2) is 9.09. The molecule has 1 N–H and O–H groups in total. The van der Waals surface area contributed by atoms with E-state index in [0.29, 0.717) is 17.1 Å². The molecule has 0 aliphatic heterocycles. The van der Waals surface area contributed by atoms with Crippen LogP contribution in [0.5, 0.6) is 5.75 Å². The van der Waals surface area contributed by atoms with Gasteiger partial charge in [0.25, 0.3) is 15.9 Å². The lowest BCUT2D eigenvalue weighted by molar-refractivity contribution is 0.102. The van der Waals surface area contributed by atoms with E-state index in [1.54, 1.807) is 49.6 Å². The lowest BCUT2D eigenvalue weighted by atomic mass is 10.2. The molecular weight excluding hydrogens is 414 g/mol. The van der Waals surface area contributed by atoms with Gasteiger partial charge in [-0.1, -0.05) is 18.2 Å². The lowest BCUT2D eigenvalue weighted by Crippen LogP contribution is -2.27. The Morgan fingerprint density at radius 1 is 0.903 bits per heavy atom. The number of sulfonamides is 1. The molecule has 0 unspecified atom stereocenters. The molecule has 1 amide bonds. The van der Waals surface area contributed by atoms with Crippen LogP contribution in [-0.2, 0) is 10.0 Å². The molecule has 0 aromatic heterocycles. The molecule has 3 aromatic carbocycles. The van der Waals surface area contributed by atoms with Crippen LogP contribution in [0.25, 0.3) is 0 Å². The van der Waals surface area contributed by atoms with Crippen molar-refractivity contribution in [3.8, 4) is 5.75 Å². The van der Waals surface area contributed by atoms with Gasteiger partial charge in [-0.2, -0.15) is 0 Å². The molecule has 3 aromatic rings. The van der Waals surface area contributed by atoms with Crippen LogP contribution in [0, 0.1) is 0 Å². The van der Waals surface area contributed by atoms with E-state index in [0.717, 1.165) is 5.69 Å². The first kappa shape index (κ1) is 22.2. The number of benzene rings is 3. The van der Waals surface area contributed by atoms with Crippen molar-refractivity contribution >= 4 is 33.0 Å². The number of hydrogen-bond donors (Lipinski definition) is 1. The minimum atomic E-state index is -3.86. The summed E-state index contributed by atoms with van der Waals surface area (Å²) < 4.78 is 32.5. The maximum atomic E-state index is 13.1. The van der Waals surface area contributed by atoms with Gasteiger partial charge in [0, 0.05) is 26.7 Å². The molecule has 0 aliphatic carbocycles. The van der Waals surface area contributed by atoms with Gasteiger partial charge in [-0.05, 0) is 54.6 Å². The van der Waals surface area contributed by atoms with Crippen LogP contribution in [0.15, 0.2) is 77.7 Å². The predicted molar refractivity (Wildman–Crippen MR) is 124 cm³/mol. The summed E-state index contributed by atoms with van der Waals surface area (Å²) in [6.07, 6.45) is 0. The molecule has 31 heavy (non-hydrogen) atoms. The summed E-state index contributed by atoms with van der Waals surface area (Å²) >= 11 is 0. The molecule has 8 heteroatoms. The smallest absolute Gasteiger partial charge is 0.264 e. The van der Waals surface area contributed by atoms with Crippen molar-refractivity contribution in [2.24, 2.45) is 0 Å². The largest absolute Gasteiger partial charge is 0.497 e. The Labute approximate surface area is 182 Å². The second-order valence-electron chi connectivity index (χ2n) is 7.06. The Kier molecular flexibility index (Phi) is 6.50. The second-order valence-corrected chi connectivity index (χ2v) is 9.03. The molecule has 3 rings (SSSR count). The van der Waals surface area contributed by atoms with Gasteiger partial charge in [0.1, 0.15) is 5.75 Å². The van der Waals surface area contributed by atoms with Crippen molar-refractivity contribution in [2.75, 3.05) is 42.8 Å². The SMILES string of the molecule is COc1ccc(N(C)S(=O)(=O)c2cccc(C(=O)Nc3ccccc3N(C)C)c2)cc1. The van der Waals surface area contributed by atoms with Crippen LogP contribution >= 0.6 is 0 Å². The third kappa shape index (κ3) is 4.80. The van der Waals surface area contributed by atoms with E-state index in [9.17, 15) is 13.2 Å². The standard InChI is InChI=1S/C23H25N3O4S/c1-25(2)22-11-6-5-10-21(22)24-23(27)17-8-7-9-20(16-17)31(28,29)26(3)18-12-14-19(30-4)15-13-18/h5-16H,1-4H3,(H,24,27). The van der Waals surface area contributed by atoms with Crippen molar-refractivity contribution < 1.29 is 17.9 Å². The number of para-hydroxylation sites is 2. The third-order valence-corrected chi connectivity index (χ3v) is 6.61. The fourth-order valence-electron chi connectivity index (χ4n) is 3.05. The summed E-state index contributed by atoms with van der Waals surface area (Å²) in [5.74, 6) is 0.240. The number of amides is 1. The number of hydrogen-bond acceptors (Lipinski definition) is 5. The highest BCUT2D eigenvalue weighted by molar-refractivity contribution is 7.92. The van der Waals surface area contributed by atoms with Crippen LogP contribution < -0.4 is 19.3 Å². The Balaban J connectivity index is 1.87. The van der Waals surface area contributed by atoms with Crippen LogP contribution in [0.2, 0.25) is 0 Å². The molecular formula is C23H25N3O4S. The molecule has 0 bridgehead atoms. The van der Waals surface area contributed by atoms with E-state index in [1.807, 2.05) is 37.2 Å². The first-order valence-electron chi connectivity index (χ1n) is 9.55. The lowest BCUT2D eigenvalue weighted by Gasteiger charge is -2.20. The molecule has 0 aliphatic rings. The van der Waals surface area contributed by atoms with Crippen LogP contribution in [0.4, 0.5) is 17.1 Å². The average molecular weight is 440 g/mol. The highest BCUT2D eigenvalue weighted by Gasteiger charge is 2.23. The van der Waals surface area contributed by atoms with Crippen LogP contribution in [-0.4, -0.2) is 42.6 Å². The zero-order chi connectivity index (χ0) is 22.6. The number of nitrogens with one attached hydrogen (secondary N) is 1. The van der Waals surface area contributed by atoms with Gasteiger partial charge in [0.05, 0.1) is 29.1 Å². The summed E-state index contributed by atoms with van der Waals surface area (Å²) in [4.78, 5) is 14.7. The molecule has 0 radical (unpaired) electrons. The van der Waals surface area contributed by atoms with Crippen molar-refractivity contribution in [3.05, 3.63) is 78.4 Å². The molecule has 0 heterocycles. The highest BCUT2D eigenvalue weighted by atomic mass is 32.2. The van der Waals surface area contributed by atoms with Crippen molar-refractivity contribution in [1.29, 1.82) is 0 Å².